The van der Waals surface area contributed by atoms with Crippen molar-refractivity contribution in [2.75, 3.05) is 44.8 Å². The van der Waals surface area contributed by atoms with Crippen LogP contribution < -0.4 is 5.32 Å². The Morgan fingerprint density at radius 3 is 2.75 bits per heavy atom. The van der Waals surface area contributed by atoms with Gasteiger partial charge in [-0.25, -0.2) is 13.2 Å². The van der Waals surface area contributed by atoms with Crippen LogP contribution in [0.5, 0.6) is 0 Å². The molecule has 2 aliphatic rings. The molecule has 0 spiro atoms. The van der Waals surface area contributed by atoms with E-state index in [9.17, 15) is 18.0 Å². The van der Waals surface area contributed by atoms with E-state index >= 15 is 0 Å². The molecule has 1 N–H and O–H groups in total. The molecule has 0 unspecified atom stereocenters. The zero-order chi connectivity index (χ0) is 22.7. The molecule has 0 saturated carbocycles. The molecule has 4 rings (SSSR count). The van der Waals surface area contributed by atoms with Gasteiger partial charge in [0.1, 0.15) is 5.00 Å². The van der Waals surface area contributed by atoms with Crippen molar-refractivity contribution >= 4 is 38.1 Å². The Bertz CT molecular complexity index is 1120. The molecule has 0 atom stereocenters. The Morgan fingerprint density at radius 2 is 2.00 bits per heavy atom. The first-order valence-electron chi connectivity index (χ1n) is 10.7. The number of rotatable bonds is 8. The highest BCUT2D eigenvalue weighted by Gasteiger charge is 2.29. The molecule has 1 aromatic carbocycles. The van der Waals surface area contributed by atoms with Crippen LogP contribution in [0.3, 0.4) is 0 Å². The van der Waals surface area contributed by atoms with Crippen molar-refractivity contribution in [2.24, 2.45) is 0 Å². The number of ketones is 1. The number of morpholine rings is 1. The number of hydrogen-bond acceptors (Lipinski definition) is 8. The monoisotopic (exact) mass is 478 g/mol. The number of aryl methyl sites for hydroxylation is 1. The number of Topliss-reactive ketones (excluding diaryl/α,β-unsaturated/α-hetero) is 1. The molecule has 1 saturated heterocycles. The Hall–Kier alpha value is -2.27. The second-order valence-corrected chi connectivity index (χ2v) is 10.6. The van der Waals surface area contributed by atoms with E-state index < -0.39 is 10.0 Å². The number of benzene rings is 1. The molecule has 1 fully saturated rings. The Balaban J connectivity index is 1.50. The first-order chi connectivity index (χ1) is 15.4. The SMILES string of the molecule is CCOC(=O)c1c(NCC(=O)c2cccc(S(=O)(=O)N3CCOCC3)c2)sc2c1CCC2. The van der Waals surface area contributed by atoms with Gasteiger partial charge in [0.05, 0.1) is 36.8 Å². The summed E-state index contributed by atoms with van der Waals surface area (Å²) in [5.74, 6) is -0.632. The first kappa shape index (κ1) is 22.9. The van der Waals surface area contributed by atoms with Gasteiger partial charge in [-0.3, -0.25) is 4.79 Å². The molecule has 8 nitrogen and oxygen atoms in total. The predicted molar refractivity (Wildman–Crippen MR) is 121 cm³/mol. The smallest absolute Gasteiger partial charge is 0.341 e. The summed E-state index contributed by atoms with van der Waals surface area (Å²) in [6.07, 6.45) is 2.76. The van der Waals surface area contributed by atoms with Crippen LogP contribution in [0.25, 0.3) is 0 Å². The molecule has 32 heavy (non-hydrogen) atoms. The van der Waals surface area contributed by atoms with Gasteiger partial charge in [-0.2, -0.15) is 4.31 Å². The number of carbonyl (C=O) groups excluding carboxylic acids is 2. The van der Waals surface area contributed by atoms with Gasteiger partial charge in [0.2, 0.25) is 10.0 Å². The molecular weight excluding hydrogens is 452 g/mol. The highest BCUT2D eigenvalue weighted by atomic mass is 32.2. The van der Waals surface area contributed by atoms with Crippen molar-refractivity contribution in [3.63, 3.8) is 0 Å². The van der Waals surface area contributed by atoms with Gasteiger partial charge in [0.25, 0.3) is 0 Å². The molecule has 1 aliphatic carbocycles. The fourth-order valence-corrected chi connectivity index (χ4v) is 6.70. The Labute approximate surface area is 191 Å². The topological polar surface area (TPSA) is 102 Å². The Kier molecular flexibility index (Phi) is 6.94. The molecule has 2 heterocycles. The minimum absolute atomic E-state index is 0.0488. The first-order valence-corrected chi connectivity index (χ1v) is 12.9. The van der Waals surface area contributed by atoms with E-state index in [0.29, 0.717) is 42.4 Å². The summed E-state index contributed by atoms with van der Waals surface area (Å²) in [5, 5.41) is 3.73. The standard InChI is InChI=1S/C22H26N2O6S2/c1-2-30-22(26)20-17-7-4-8-19(17)31-21(20)23-14-18(25)15-5-3-6-16(13-15)32(27,28)24-9-11-29-12-10-24/h3,5-6,13,23H,2,4,7-12,14H2,1H3. The van der Waals surface area contributed by atoms with Crippen LogP contribution in [0.1, 0.15) is 44.5 Å². The number of fused-ring (bicyclic) bond motifs is 1. The van der Waals surface area contributed by atoms with Gasteiger partial charge < -0.3 is 14.8 Å². The number of nitrogens with zero attached hydrogens (tertiary/aromatic N) is 1. The zero-order valence-electron chi connectivity index (χ0n) is 17.9. The van der Waals surface area contributed by atoms with Crippen LogP contribution in [0.4, 0.5) is 5.00 Å². The summed E-state index contributed by atoms with van der Waals surface area (Å²) >= 11 is 1.49. The van der Waals surface area contributed by atoms with Gasteiger partial charge in [-0.1, -0.05) is 12.1 Å². The molecule has 172 valence electrons. The number of esters is 1. The third-order valence-electron chi connectivity index (χ3n) is 5.57. The number of nitrogens with one attached hydrogen (secondary N) is 1. The number of hydrogen-bond donors (Lipinski definition) is 1. The molecule has 0 amide bonds. The van der Waals surface area contributed by atoms with E-state index in [1.807, 2.05) is 0 Å². The molecule has 0 radical (unpaired) electrons. The maximum Gasteiger partial charge on any atom is 0.341 e. The van der Waals surface area contributed by atoms with Crippen molar-refractivity contribution in [1.29, 1.82) is 0 Å². The number of carbonyl (C=O) groups is 2. The van der Waals surface area contributed by atoms with Crippen molar-refractivity contribution in [2.45, 2.75) is 31.1 Å². The van der Waals surface area contributed by atoms with Crippen LogP contribution in [0, 0.1) is 0 Å². The maximum absolute atomic E-state index is 12.9. The van der Waals surface area contributed by atoms with Crippen molar-refractivity contribution in [3.8, 4) is 0 Å². The molecule has 1 aliphatic heterocycles. The average molecular weight is 479 g/mol. The minimum atomic E-state index is -3.69. The fraction of sp³-hybridized carbons (Fsp3) is 0.455. The van der Waals surface area contributed by atoms with E-state index in [0.717, 1.165) is 29.7 Å². The van der Waals surface area contributed by atoms with Crippen LogP contribution in [-0.4, -0.2) is 63.9 Å². The summed E-state index contributed by atoms with van der Waals surface area (Å²) in [6.45, 7) is 3.30. The average Bonchev–Trinajstić information content (AvgIpc) is 3.39. The lowest BCUT2D eigenvalue weighted by molar-refractivity contribution is 0.0526. The summed E-state index contributed by atoms with van der Waals surface area (Å²) < 4.78 is 37.6. The lowest BCUT2D eigenvalue weighted by Crippen LogP contribution is -2.40. The molecular formula is C22H26N2O6S2. The molecule has 1 aromatic heterocycles. The van der Waals surface area contributed by atoms with Crippen LogP contribution >= 0.6 is 11.3 Å². The van der Waals surface area contributed by atoms with Crippen LogP contribution in [-0.2, 0) is 32.3 Å². The maximum atomic E-state index is 12.9. The number of anilines is 1. The van der Waals surface area contributed by atoms with Crippen molar-refractivity contribution in [1.82, 2.24) is 4.31 Å². The summed E-state index contributed by atoms with van der Waals surface area (Å²) in [7, 11) is -3.69. The minimum Gasteiger partial charge on any atom is -0.462 e. The fourth-order valence-electron chi connectivity index (χ4n) is 3.98. The molecule has 2 aromatic rings. The Morgan fingerprint density at radius 1 is 1.22 bits per heavy atom. The van der Waals surface area contributed by atoms with E-state index in [-0.39, 0.29) is 29.8 Å². The second-order valence-electron chi connectivity index (χ2n) is 7.60. The largest absolute Gasteiger partial charge is 0.462 e. The third-order valence-corrected chi connectivity index (χ3v) is 8.72. The van der Waals surface area contributed by atoms with Crippen LogP contribution in [0.2, 0.25) is 0 Å². The highest BCUT2D eigenvalue weighted by molar-refractivity contribution is 7.89. The van der Waals surface area contributed by atoms with E-state index in [2.05, 4.69) is 5.32 Å². The van der Waals surface area contributed by atoms with Crippen molar-refractivity contribution in [3.05, 3.63) is 45.8 Å². The lowest BCUT2D eigenvalue weighted by atomic mass is 10.1. The van der Waals surface area contributed by atoms with Gasteiger partial charge in [0, 0.05) is 23.5 Å². The summed E-state index contributed by atoms with van der Waals surface area (Å²) in [6, 6.07) is 6.08. The van der Waals surface area contributed by atoms with E-state index in [1.165, 1.54) is 27.8 Å². The van der Waals surface area contributed by atoms with Gasteiger partial charge in [-0.05, 0) is 43.9 Å². The number of ether oxygens (including phenoxy) is 2. The molecule has 0 bridgehead atoms. The second kappa shape index (κ2) is 9.70. The van der Waals surface area contributed by atoms with Crippen molar-refractivity contribution < 1.29 is 27.5 Å². The van der Waals surface area contributed by atoms with Gasteiger partial charge >= 0.3 is 5.97 Å². The van der Waals surface area contributed by atoms with Crippen LogP contribution in [0.15, 0.2) is 29.2 Å². The predicted octanol–water partition coefficient (Wildman–Crippen LogP) is 2.73. The highest BCUT2D eigenvalue weighted by Crippen LogP contribution is 2.39. The van der Waals surface area contributed by atoms with E-state index in [1.54, 1.807) is 19.1 Å². The normalized spacial score (nSPS) is 16.5. The van der Waals surface area contributed by atoms with Gasteiger partial charge in [0.15, 0.2) is 5.78 Å². The lowest BCUT2D eigenvalue weighted by Gasteiger charge is -2.26. The number of sulfonamides is 1. The number of thiophene rings is 1. The quantitative estimate of drug-likeness (QED) is 0.460. The van der Waals surface area contributed by atoms with Gasteiger partial charge in [-0.15, -0.1) is 11.3 Å². The molecule has 10 heteroatoms. The van der Waals surface area contributed by atoms with E-state index in [4.69, 9.17) is 9.47 Å². The summed E-state index contributed by atoms with van der Waals surface area (Å²) in [4.78, 5) is 26.6. The third kappa shape index (κ3) is 4.59. The summed E-state index contributed by atoms with van der Waals surface area (Å²) in [5.41, 5.74) is 1.84. The zero-order valence-corrected chi connectivity index (χ0v) is 19.5.